The Morgan fingerprint density at radius 1 is 0.583 bits per heavy atom. The van der Waals surface area contributed by atoms with E-state index in [0.717, 1.165) is 15.7 Å². The molecule has 0 saturated carbocycles. The van der Waals surface area contributed by atoms with Crippen LogP contribution in [0.4, 0.5) is 5.69 Å². The summed E-state index contributed by atoms with van der Waals surface area (Å²) in [4.78, 5) is 0. The van der Waals surface area contributed by atoms with E-state index < -0.39 is 0 Å². The van der Waals surface area contributed by atoms with Gasteiger partial charge in [0.05, 0.1) is 5.69 Å². The Kier molecular flexibility index (Phi) is 2.85. The Labute approximate surface area is 148 Å². The van der Waals surface area contributed by atoms with Crippen LogP contribution in [0.15, 0.2) is 77.3 Å². The number of hydrogen-bond donors (Lipinski definition) is 1. The maximum atomic E-state index is 6.34. The van der Waals surface area contributed by atoms with Gasteiger partial charge in [-0.2, -0.15) is 0 Å². The van der Waals surface area contributed by atoms with Gasteiger partial charge in [0.15, 0.2) is 0 Å². The Morgan fingerprint density at radius 2 is 1.21 bits per heavy atom. The van der Waals surface area contributed by atoms with Gasteiger partial charge < -0.3 is 5.73 Å². The van der Waals surface area contributed by atoms with Crippen LogP contribution >= 0.6 is 15.9 Å². The topological polar surface area (TPSA) is 26.0 Å². The van der Waals surface area contributed by atoms with Crippen molar-refractivity contribution in [3.63, 3.8) is 0 Å². The molecule has 0 bridgehead atoms. The molecule has 0 saturated heterocycles. The second-order valence-electron chi connectivity index (χ2n) is 6.17. The van der Waals surface area contributed by atoms with Gasteiger partial charge in [-0.1, -0.05) is 66.7 Å². The third kappa shape index (κ3) is 1.80. The maximum Gasteiger partial charge on any atom is 0.0538 e. The van der Waals surface area contributed by atoms with E-state index >= 15 is 0 Å². The number of anilines is 1. The summed E-state index contributed by atoms with van der Waals surface area (Å²) in [5.41, 5.74) is 9.38. The van der Waals surface area contributed by atoms with Crippen molar-refractivity contribution >= 4 is 53.9 Å². The molecule has 5 aromatic carbocycles. The molecule has 24 heavy (non-hydrogen) atoms. The van der Waals surface area contributed by atoms with Crippen molar-refractivity contribution in [3.8, 4) is 11.1 Å². The fraction of sp³-hybridized carbons (Fsp3) is 0. The third-order valence-electron chi connectivity index (χ3n) is 4.87. The van der Waals surface area contributed by atoms with E-state index in [-0.39, 0.29) is 0 Å². The molecule has 0 radical (unpaired) electrons. The highest BCUT2D eigenvalue weighted by molar-refractivity contribution is 9.10. The first-order valence-electron chi connectivity index (χ1n) is 7.95. The molecule has 1 nitrogen and oxygen atoms in total. The largest absolute Gasteiger partial charge is 0.397 e. The minimum absolute atomic E-state index is 0.785. The van der Waals surface area contributed by atoms with Crippen molar-refractivity contribution in [1.82, 2.24) is 0 Å². The van der Waals surface area contributed by atoms with Gasteiger partial charge in [-0.15, -0.1) is 0 Å². The van der Waals surface area contributed by atoms with E-state index in [0.29, 0.717) is 0 Å². The summed E-state index contributed by atoms with van der Waals surface area (Å²) in [7, 11) is 0. The van der Waals surface area contributed by atoms with E-state index in [9.17, 15) is 0 Å². The molecule has 114 valence electrons. The summed E-state index contributed by atoms with van der Waals surface area (Å²) in [6, 6.07) is 25.8. The molecule has 0 unspecified atom stereocenters. The lowest BCUT2D eigenvalue weighted by Crippen LogP contribution is -1.93. The Hall–Kier alpha value is -2.58. The predicted octanol–water partition coefficient (Wildman–Crippen LogP) is 6.60. The number of halogens is 1. The molecule has 0 fully saturated rings. The average Bonchev–Trinajstić information content (AvgIpc) is 2.62. The van der Waals surface area contributed by atoms with Crippen molar-refractivity contribution < 1.29 is 0 Å². The van der Waals surface area contributed by atoms with Crippen LogP contribution in [-0.4, -0.2) is 0 Å². The molecule has 2 N–H and O–H groups in total. The van der Waals surface area contributed by atoms with Crippen LogP contribution in [-0.2, 0) is 0 Å². The monoisotopic (exact) mass is 371 g/mol. The van der Waals surface area contributed by atoms with Gasteiger partial charge in [0.1, 0.15) is 0 Å². The number of para-hydroxylation sites is 1. The van der Waals surface area contributed by atoms with Crippen molar-refractivity contribution in [2.24, 2.45) is 0 Å². The van der Waals surface area contributed by atoms with Gasteiger partial charge >= 0.3 is 0 Å². The lowest BCUT2D eigenvalue weighted by molar-refractivity contribution is 1.61. The molecule has 2 heteroatoms. The first-order valence-corrected chi connectivity index (χ1v) is 8.74. The maximum absolute atomic E-state index is 6.34. The van der Waals surface area contributed by atoms with Crippen LogP contribution in [0.1, 0.15) is 0 Å². The molecule has 0 spiro atoms. The normalized spacial score (nSPS) is 11.7. The van der Waals surface area contributed by atoms with Gasteiger partial charge in [-0.05, 0) is 59.9 Å². The van der Waals surface area contributed by atoms with E-state index in [1.165, 1.54) is 37.9 Å². The molecule has 5 aromatic rings. The van der Waals surface area contributed by atoms with Crippen LogP contribution in [0, 0.1) is 0 Å². The summed E-state index contributed by atoms with van der Waals surface area (Å²) < 4.78 is 0.936. The summed E-state index contributed by atoms with van der Waals surface area (Å²) in [6.07, 6.45) is 0. The smallest absolute Gasteiger partial charge is 0.0538 e. The van der Waals surface area contributed by atoms with E-state index in [1.807, 2.05) is 12.1 Å². The van der Waals surface area contributed by atoms with Crippen LogP contribution in [0.3, 0.4) is 0 Å². The van der Waals surface area contributed by atoms with Gasteiger partial charge in [0.2, 0.25) is 0 Å². The highest BCUT2D eigenvalue weighted by Crippen LogP contribution is 2.41. The minimum atomic E-state index is 0.785. The predicted molar refractivity (Wildman–Crippen MR) is 108 cm³/mol. The van der Waals surface area contributed by atoms with Crippen LogP contribution in [0.2, 0.25) is 0 Å². The zero-order chi connectivity index (χ0) is 16.3. The van der Waals surface area contributed by atoms with Crippen LogP contribution < -0.4 is 5.73 Å². The molecule has 0 aliphatic rings. The lowest BCUT2D eigenvalue weighted by Gasteiger charge is -2.15. The highest BCUT2D eigenvalue weighted by Gasteiger charge is 2.13. The molecule has 0 atom stereocenters. The summed E-state index contributed by atoms with van der Waals surface area (Å²) in [5, 5.41) is 7.74. The van der Waals surface area contributed by atoms with E-state index in [2.05, 4.69) is 76.6 Å². The highest BCUT2D eigenvalue weighted by atomic mass is 79.9. The van der Waals surface area contributed by atoms with Crippen LogP contribution in [0.5, 0.6) is 0 Å². The van der Waals surface area contributed by atoms with Gasteiger partial charge in [-0.25, -0.2) is 0 Å². The third-order valence-corrected chi connectivity index (χ3v) is 5.56. The van der Waals surface area contributed by atoms with Gasteiger partial charge in [0, 0.05) is 10.0 Å². The molecule has 0 aliphatic heterocycles. The first-order chi connectivity index (χ1) is 11.7. The number of nitrogen functional groups attached to an aromatic ring is 1. The van der Waals surface area contributed by atoms with Crippen molar-refractivity contribution in [1.29, 1.82) is 0 Å². The van der Waals surface area contributed by atoms with Crippen LogP contribution in [0.25, 0.3) is 43.4 Å². The molecule has 0 heterocycles. The van der Waals surface area contributed by atoms with E-state index in [4.69, 9.17) is 5.73 Å². The molecule has 0 aliphatic carbocycles. The number of benzene rings is 5. The first kappa shape index (κ1) is 13.8. The zero-order valence-electron chi connectivity index (χ0n) is 12.9. The quantitative estimate of drug-likeness (QED) is 0.260. The lowest BCUT2D eigenvalue weighted by atomic mass is 9.89. The molecule has 5 rings (SSSR count). The second kappa shape index (κ2) is 4.96. The van der Waals surface area contributed by atoms with Gasteiger partial charge in [-0.3, -0.25) is 0 Å². The summed E-state index contributed by atoms with van der Waals surface area (Å²) in [6.45, 7) is 0. The summed E-state index contributed by atoms with van der Waals surface area (Å²) >= 11 is 3.55. The molecule has 0 aromatic heterocycles. The minimum Gasteiger partial charge on any atom is -0.397 e. The summed E-state index contributed by atoms with van der Waals surface area (Å²) in [5.74, 6) is 0. The Balaban J connectivity index is 1.99. The van der Waals surface area contributed by atoms with Crippen molar-refractivity contribution in [3.05, 3.63) is 77.3 Å². The number of rotatable bonds is 1. The Morgan fingerprint density at radius 3 is 2.00 bits per heavy atom. The molecule has 0 amide bonds. The molecular formula is C22H14BrN. The van der Waals surface area contributed by atoms with Gasteiger partial charge in [0.25, 0.3) is 0 Å². The van der Waals surface area contributed by atoms with Crippen molar-refractivity contribution in [2.45, 2.75) is 0 Å². The average molecular weight is 372 g/mol. The Bertz CT molecular complexity index is 1210. The SMILES string of the molecule is Nc1c(Br)cccc1-c1ccc2ccc3cccc4ccc1c2c34. The number of hydrogen-bond acceptors (Lipinski definition) is 1. The standard InChI is InChI=1S/C22H14BrN/c23-19-6-2-5-18(22(19)24)16-11-9-15-8-7-13-3-1-4-14-10-12-17(16)21(15)20(13)14/h1-12H,24H2. The number of nitrogens with two attached hydrogens (primary N) is 1. The molecular weight excluding hydrogens is 358 g/mol. The second-order valence-corrected chi connectivity index (χ2v) is 7.02. The zero-order valence-corrected chi connectivity index (χ0v) is 14.5. The van der Waals surface area contributed by atoms with Crippen molar-refractivity contribution in [2.75, 3.05) is 5.73 Å². The van der Waals surface area contributed by atoms with E-state index in [1.54, 1.807) is 0 Å². The fourth-order valence-corrected chi connectivity index (χ4v) is 4.11. The fourth-order valence-electron chi connectivity index (χ4n) is 3.74.